The number of benzene rings is 2. The third-order valence-corrected chi connectivity index (χ3v) is 4.12. The van der Waals surface area contributed by atoms with E-state index in [1.165, 1.54) is 36.4 Å². The zero-order valence-corrected chi connectivity index (χ0v) is 13.1. The third-order valence-electron chi connectivity index (χ3n) is 4.12. The summed E-state index contributed by atoms with van der Waals surface area (Å²) in [6.45, 7) is 0. The van der Waals surface area contributed by atoms with Gasteiger partial charge in [0.2, 0.25) is 0 Å². The van der Waals surface area contributed by atoms with Crippen LogP contribution in [0.25, 0.3) is 0 Å². The van der Waals surface area contributed by atoms with E-state index in [-0.39, 0.29) is 17.7 Å². The van der Waals surface area contributed by atoms with E-state index in [0.717, 1.165) is 12.1 Å². The van der Waals surface area contributed by atoms with Crippen LogP contribution in [0.2, 0.25) is 0 Å². The van der Waals surface area contributed by atoms with Crippen molar-refractivity contribution < 1.29 is 28.5 Å². The molecule has 0 radical (unpaired) electrons. The van der Waals surface area contributed by atoms with E-state index < -0.39 is 41.9 Å². The fourth-order valence-electron chi connectivity index (χ4n) is 2.85. The molecule has 4 atom stereocenters. The van der Waals surface area contributed by atoms with Gasteiger partial charge in [-0.2, -0.15) is 0 Å². The Hall–Kier alpha value is -2.51. The number of carbonyl (C=O) groups is 1. The van der Waals surface area contributed by atoms with E-state index in [4.69, 9.17) is 4.74 Å². The van der Waals surface area contributed by atoms with Crippen LogP contribution in [0.15, 0.2) is 48.5 Å². The SMILES string of the molecule is O=C(N[C@@H]1C[C@@H](Oc2cccc(F)c2)[C@H](O)[C@H]1O)c1cccc(F)c1. The number of carbonyl (C=O) groups excluding carboxylic acids is 1. The highest BCUT2D eigenvalue weighted by Crippen LogP contribution is 2.26. The Labute approximate surface area is 142 Å². The van der Waals surface area contributed by atoms with E-state index in [1.54, 1.807) is 0 Å². The molecule has 2 aromatic rings. The highest BCUT2D eigenvalue weighted by molar-refractivity contribution is 5.94. The van der Waals surface area contributed by atoms with Crippen molar-refractivity contribution in [2.45, 2.75) is 30.8 Å². The number of rotatable bonds is 4. The molecule has 1 aliphatic carbocycles. The molecule has 0 saturated heterocycles. The molecule has 5 nitrogen and oxygen atoms in total. The number of ether oxygens (including phenoxy) is 1. The summed E-state index contributed by atoms with van der Waals surface area (Å²) in [6, 6.07) is 9.78. The molecule has 0 spiro atoms. The van der Waals surface area contributed by atoms with Crippen LogP contribution in [0.3, 0.4) is 0 Å². The fourth-order valence-corrected chi connectivity index (χ4v) is 2.85. The number of nitrogens with one attached hydrogen (secondary N) is 1. The number of amides is 1. The van der Waals surface area contributed by atoms with Crippen molar-refractivity contribution in [2.75, 3.05) is 0 Å². The van der Waals surface area contributed by atoms with Crippen molar-refractivity contribution in [3.05, 3.63) is 65.7 Å². The van der Waals surface area contributed by atoms with Crippen LogP contribution in [0.1, 0.15) is 16.8 Å². The first-order valence-corrected chi connectivity index (χ1v) is 7.79. The average molecular weight is 349 g/mol. The number of halogens is 2. The van der Waals surface area contributed by atoms with Crippen molar-refractivity contribution in [1.82, 2.24) is 5.32 Å². The van der Waals surface area contributed by atoms with Crippen molar-refractivity contribution >= 4 is 5.91 Å². The first-order valence-electron chi connectivity index (χ1n) is 7.79. The zero-order valence-electron chi connectivity index (χ0n) is 13.1. The Balaban J connectivity index is 1.66. The summed E-state index contributed by atoms with van der Waals surface area (Å²) in [5.41, 5.74) is 0.108. The van der Waals surface area contributed by atoms with Gasteiger partial charge in [-0.25, -0.2) is 8.78 Å². The molecular weight excluding hydrogens is 332 g/mol. The molecule has 2 aromatic carbocycles. The van der Waals surface area contributed by atoms with Crippen molar-refractivity contribution in [2.24, 2.45) is 0 Å². The first-order chi connectivity index (χ1) is 11.9. The molecule has 3 N–H and O–H groups in total. The van der Waals surface area contributed by atoms with Gasteiger partial charge in [-0.05, 0) is 30.3 Å². The van der Waals surface area contributed by atoms with E-state index in [0.29, 0.717) is 0 Å². The maximum absolute atomic E-state index is 13.2. The Bertz CT molecular complexity index is 770. The summed E-state index contributed by atoms with van der Waals surface area (Å²) in [5.74, 6) is -1.39. The molecule has 1 amide bonds. The summed E-state index contributed by atoms with van der Waals surface area (Å²) >= 11 is 0. The lowest BCUT2D eigenvalue weighted by Gasteiger charge is -2.18. The third kappa shape index (κ3) is 3.94. The van der Waals surface area contributed by atoms with Crippen LogP contribution >= 0.6 is 0 Å². The van der Waals surface area contributed by atoms with Crippen LogP contribution in [0, 0.1) is 11.6 Å². The van der Waals surface area contributed by atoms with Gasteiger partial charge in [0.15, 0.2) is 0 Å². The standard InChI is InChI=1S/C18H17F2NO4/c19-11-4-1-3-10(7-11)18(24)21-14-9-15(17(23)16(14)22)25-13-6-2-5-12(20)8-13/h1-8,14-17,22-23H,9H2,(H,21,24)/t14-,15-,16+,17+/m1/s1. The summed E-state index contributed by atoms with van der Waals surface area (Å²) < 4.78 is 31.9. The van der Waals surface area contributed by atoms with E-state index >= 15 is 0 Å². The highest BCUT2D eigenvalue weighted by Gasteiger charge is 2.43. The topological polar surface area (TPSA) is 78.8 Å². The maximum atomic E-state index is 13.2. The van der Waals surface area contributed by atoms with Gasteiger partial charge in [-0.15, -0.1) is 0 Å². The first kappa shape index (κ1) is 17.3. The molecule has 1 fully saturated rings. The van der Waals surface area contributed by atoms with Gasteiger partial charge in [0.25, 0.3) is 5.91 Å². The van der Waals surface area contributed by atoms with Gasteiger partial charge < -0.3 is 20.3 Å². The molecule has 3 rings (SSSR count). The van der Waals surface area contributed by atoms with Crippen molar-refractivity contribution in [1.29, 1.82) is 0 Å². The molecule has 0 aliphatic heterocycles. The predicted octanol–water partition coefficient (Wildman–Crippen LogP) is 1.64. The summed E-state index contributed by atoms with van der Waals surface area (Å²) in [4.78, 5) is 12.2. The quantitative estimate of drug-likeness (QED) is 0.784. The second-order valence-electron chi connectivity index (χ2n) is 5.92. The normalized spacial score (nSPS) is 25.6. The van der Waals surface area contributed by atoms with E-state index in [9.17, 15) is 23.8 Å². The number of hydrogen-bond donors (Lipinski definition) is 3. The molecule has 1 aliphatic rings. The van der Waals surface area contributed by atoms with Crippen molar-refractivity contribution in [3.8, 4) is 5.75 Å². The summed E-state index contributed by atoms with van der Waals surface area (Å²) in [7, 11) is 0. The maximum Gasteiger partial charge on any atom is 0.251 e. The van der Waals surface area contributed by atoms with E-state index in [1.807, 2.05) is 0 Å². The largest absolute Gasteiger partial charge is 0.487 e. The Morgan fingerprint density at radius 1 is 1.04 bits per heavy atom. The minimum Gasteiger partial charge on any atom is -0.487 e. The molecule has 0 aromatic heterocycles. The lowest BCUT2D eigenvalue weighted by molar-refractivity contribution is -0.0135. The summed E-state index contributed by atoms with van der Waals surface area (Å²) in [5, 5.41) is 22.8. The van der Waals surface area contributed by atoms with Crippen molar-refractivity contribution in [3.63, 3.8) is 0 Å². The molecule has 1 saturated carbocycles. The zero-order chi connectivity index (χ0) is 18.0. The second kappa shape index (κ2) is 7.16. The molecule has 0 heterocycles. The van der Waals surface area contributed by atoms with Crippen LogP contribution in [-0.4, -0.2) is 40.5 Å². The molecule has 0 bridgehead atoms. The second-order valence-corrected chi connectivity index (χ2v) is 5.92. The number of aliphatic hydroxyl groups is 2. The molecule has 7 heteroatoms. The fraction of sp³-hybridized carbons (Fsp3) is 0.278. The van der Waals surface area contributed by atoms with Crippen LogP contribution < -0.4 is 10.1 Å². The molecule has 0 unspecified atom stereocenters. The minimum absolute atomic E-state index is 0.108. The molecular formula is C18H17F2NO4. The molecule has 25 heavy (non-hydrogen) atoms. The van der Waals surface area contributed by atoms with Crippen LogP contribution in [-0.2, 0) is 0 Å². The number of aliphatic hydroxyl groups excluding tert-OH is 2. The van der Waals surface area contributed by atoms with Gasteiger partial charge in [0.1, 0.15) is 35.7 Å². The Morgan fingerprint density at radius 2 is 1.72 bits per heavy atom. The monoisotopic (exact) mass is 349 g/mol. The highest BCUT2D eigenvalue weighted by atomic mass is 19.1. The van der Waals surface area contributed by atoms with Gasteiger partial charge in [0, 0.05) is 18.1 Å². The Morgan fingerprint density at radius 3 is 2.40 bits per heavy atom. The van der Waals surface area contributed by atoms with Gasteiger partial charge in [0.05, 0.1) is 6.04 Å². The van der Waals surface area contributed by atoms with Gasteiger partial charge >= 0.3 is 0 Å². The lowest BCUT2D eigenvalue weighted by Crippen LogP contribution is -2.43. The van der Waals surface area contributed by atoms with Gasteiger partial charge in [-0.1, -0.05) is 12.1 Å². The average Bonchev–Trinajstić information content (AvgIpc) is 2.83. The molecule has 132 valence electrons. The van der Waals surface area contributed by atoms with E-state index in [2.05, 4.69) is 5.32 Å². The Kier molecular flexibility index (Phi) is 4.96. The summed E-state index contributed by atoms with van der Waals surface area (Å²) in [6.07, 6.45) is -3.19. The van der Waals surface area contributed by atoms with Crippen LogP contribution in [0.5, 0.6) is 5.75 Å². The minimum atomic E-state index is -1.25. The smallest absolute Gasteiger partial charge is 0.251 e. The number of hydrogen-bond acceptors (Lipinski definition) is 4. The lowest BCUT2D eigenvalue weighted by atomic mass is 10.1. The predicted molar refractivity (Wildman–Crippen MR) is 85.1 cm³/mol. The van der Waals surface area contributed by atoms with Crippen LogP contribution in [0.4, 0.5) is 8.78 Å². The van der Waals surface area contributed by atoms with Gasteiger partial charge in [-0.3, -0.25) is 4.79 Å².